The molecule has 1 N–H and O–H groups in total. The molecule has 3 rings (SSSR count). The summed E-state index contributed by atoms with van der Waals surface area (Å²) in [7, 11) is 0. The quantitative estimate of drug-likeness (QED) is 0.917. The first-order chi connectivity index (χ1) is 9.65. The fourth-order valence-electron chi connectivity index (χ4n) is 3.28. The van der Waals surface area contributed by atoms with Crippen LogP contribution in [-0.2, 0) is 16.1 Å². The third kappa shape index (κ3) is 2.35. The Balaban J connectivity index is 1.54. The van der Waals surface area contributed by atoms with Crippen molar-refractivity contribution in [3.05, 3.63) is 35.9 Å². The summed E-state index contributed by atoms with van der Waals surface area (Å²) in [4.78, 5) is 24.8. The molecule has 0 spiro atoms. The first kappa shape index (κ1) is 13.0. The second kappa shape index (κ2) is 5.15. The first-order valence-corrected chi connectivity index (χ1v) is 6.85. The number of likely N-dealkylation sites (tertiary alicyclic amines) is 1. The van der Waals surface area contributed by atoms with E-state index in [0.717, 1.165) is 12.0 Å². The van der Waals surface area contributed by atoms with Gasteiger partial charge < -0.3 is 14.7 Å². The Labute approximate surface area is 117 Å². The molecule has 1 saturated carbocycles. The molecule has 0 unspecified atom stereocenters. The van der Waals surface area contributed by atoms with Crippen molar-refractivity contribution < 1.29 is 19.4 Å². The Kier molecular flexibility index (Phi) is 3.34. The fourth-order valence-corrected chi connectivity index (χ4v) is 3.28. The van der Waals surface area contributed by atoms with Crippen LogP contribution in [0, 0.1) is 11.8 Å². The monoisotopic (exact) mass is 275 g/mol. The molecule has 5 heteroatoms. The molecule has 1 amide bonds. The lowest BCUT2D eigenvalue weighted by Crippen LogP contribution is -2.41. The van der Waals surface area contributed by atoms with Gasteiger partial charge in [-0.25, -0.2) is 4.79 Å². The number of benzene rings is 1. The Bertz CT molecular complexity index is 516. The van der Waals surface area contributed by atoms with Gasteiger partial charge in [-0.15, -0.1) is 0 Å². The summed E-state index contributed by atoms with van der Waals surface area (Å²) in [6.45, 7) is 0.769. The van der Waals surface area contributed by atoms with Crippen molar-refractivity contribution in [1.29, 1.82) is 0 Å². The Hall–Kier alpha value is -2.04. The normalized spacial score (nSPS) is 27.6. The number of hydrogen-bond acceptors (Lipinski definition) is 3. The summed E-state index contributed by atoms with van der Waals surface area (Å²) in [5.74, 6) is -0.949. The minimum absolute atomic E-state index is 0.0318. The van der Waals surface area contributed by atoms with Crippen molar-refractivity contribution in [3.8, 4) is 0 Å². The van der Waals surface area contributed by atoms with Crippen LogP contribution in [0.3, 0.4) is 0 Å². The highest BCUT2D eigenvalue weighted by molar-refractivity contribution is 5.73. The van der Waals surface area contributed by atoms with Gasteiger partial charge in [0, 0.05) is 12.6 Å². The van der Waals surface area contributed by atoms with Crippen LogP contribution in [0.5, 0.6) is 0 Å². The number of amides is 1. The minimum atomic E-state index is -0.741. The van der Waals surface area contributed by atoms with Crippen LogP contribution in [0.15, 0.2) is 30.3 Å². The summed E-state index contributed by atoms with van der Waals surface area (Å²) in [6, 6.07) is 9.56. The Morgan fingerprint density at radius 3 is 2.60 bits per heavy atom. The fraction of sp³-hybridized carbons (Fsp3) is 0.467. The SMILES string of the molecule is O=C(O)[C@@H]1C[C@@H]2C[C@H]1CN2C(=O)OCc1ccccc1. The van der Waals surface area contributed by atoms with Crippen molar-refractivity contribution in [3.63, 3.8) is 0 Å². The smallest absolute Gasteiger partial charge is 0.410 e. The van der Waals surface area contributed by atoms with E-state index < -0.39 is 5.97 Å². The van der Waals surface area contributed by atoms with E-state index in [2.05, 4.69) is 0 Å². The topological polar surface area (TPSA) is 66.8 Å². The van der Waals surface area contributed by atoms with Crippen molar-refractivity contribution in [2.75, 3.05) is 6.54 Å². The summed E-state index contributed by atoms with van der Waals surface area (Å²) in [5.41, 5.74) is 0.952. The number of aliphatic carboxylic acids is 1. The zero-order chi connectivity index (χ0) is 14.1. The largest absolute Gasteiger partial charge is 0.481 e. The number of fused-ring (bicyclic) bond motifs is 2. The molecule has 3 atom stereocenters. The molecule has 1 aliphatic carbocycles. The molecule has 5 nitrogen and oxygen atoms in total. The number of hydrogen-bond donors (Lipinski definition) is 1. The van der Waals surface area contributed by atoms with Gasteiger partial charge in [0.25, 0.3) is 0 Å². The lowest BCUT2D eigenvalue weighted by atomic mass is 9.95. The highest BCUT2D eigenvalue weighted by Crippen LogP contribution is 2.42. The molecule has 1 saturated heterocycles. The first-order valence-electron chi connectivity index (χ1n) is 6.85. The lowest BCUT2D eigenvalue weighted by Gasteiger charge is -2.29. The molecule has 2 bridgehead atoms. The maximum Gasteiger partial charge on any atom is 0.410 e. The number of carbonyl (C=O) groups excluding carboxylic acids is 1. The Morgan fingerprint density at radius 2 is 2.00 bits per heavy atom. The van der Waals surface area contributed by atoms with Crippen LogP contribution in [-0.4, -0.2) is 34.7 Å². The highest BCUT2D eigenvalue weighted by atomic mass is 16.6. The lowest BCUT2D eigenvalue weighted by molar-refractivity contribution is -0.143. The number of carboxylic acids is 1. The molecule has 106 valence electrons. The summed E-state index contributed by atoms with van der Waals surface area (Å²) in [5, 5.41) is 9.08. The number of nitrogens with zero attached hydrogens (tertiary/aromatic N) is 1. The minimum Gasteiger partial charge on any atom is -0.481 e. The maximum absolute atomic E-state index is 12.0. The number of rotatable bonds is 3. The number of ether oxygens (including phenoxy) is 1. The van der Waals surface area contributed by atoms with E-state index in [1.807, 2.05) is 30.3 Å². The summed E-state index contributed by atoms with van der Waals surface area (Å²) < 4.78 is 5.30. The van der Waals surface area contributed by atoms with E-state index in [-0.39, 0.29) is 30.6 Å². The second-order valence-electron chi connectivity index (χ2n) is 5.52. The molecule has 0 radical (unpaired) electrons. The molecule has 1 aromatic carbocycles. The van der Waals surface area contributed by atoms with Gasteiger partial charge in [0.2, 0.25) is 0 Å². The average Bonchev–Trinajstić information content (AvgIpc) is 3.06. The molecule has 0 aromatic heterocycles. The third-order valence-electron chi connectivity index (χ3n) is 4.30. The molecule has 1 aromatic rings. The predicted molar refractivity (Wildman–Crippen MR) is 71.0 cm³/mol. The zero-order valence-corrected chi connectivity index (χ0v) is 11.1. The van der Waals surface area contributed by atoms with Gasteiger partial charge in [0.1, 0.15) is 6.61 Å². The molecular formula is C15H17NO4. The zero-order valence-electron chi connectivity index (χ0n) is 11.1. The molecular weight excluding hydrogens is 258 g/mol. The predicted octanol–water partition coefficient (Wildman–Crippen LogP) is 2.12. The van der Waals surface area contributed by atoms with Gasteiger partial charge in [-0.1, -0.05) is 30.3 Å². The molecule has 20 heavy (non-hydrogen) atoms. The third-order valence-corrected chi connectivity index (χ3v) is 4.30. The average molecular weight is 275 g/mol. The standard InChI is InChI=1S/C15H17NO4/c17-14(18)13-7-12-6-11(13)8-16(12)15(19)20-9-10-4-2-1-3-5-10/h1-5,11-13H,6-9H2,(H,17,18)/t11-,12-,13+/m0/s1. The number of carboxylic acid groups (broad SMARTS) is 1. The van der Waals surface area contributed by atoms with Gasteiger partial charge in [-0.2, -0.15) is 0 Å². The molecule has 2 fully saturated rings. The van der Waals surface area contributed by atoms with Gasteiger partial charge in [0.15, 0.2) is 0 Å². The number of carbonyl (C=O) groups is 2. The van der Waals surface area contributed by atoms with E-state index in [9.17, 15) is 9.59 Å². The van der Waals surface area contributed by atoms with Crippen molar-refractivity contribution >= 4 is 12.1 Å². The van der Waals surface area contributed by atoms with E-state index in [1.165, 1.54) is 0 Å². The molecule has 1 aliphatic heterocycles. The van der Waals surface area contributed by atoms with Gasteiger partial charge >= 0.3 is 12.1 Å². The van der Waals surface area contributed by atoms with Gasteiger partial charge in [-0.05, 0) is 24.3 Å². The Morgan fingerprint density at radius 1 is 1.25 bits per heavy atom. The van der Waals surface area contributed by atoms with Crippen molar-refractivity contribution in [1.82, 2.24) is 4.90 Å². The van der Waals surface area contributed by atoms with Crippen LogP contribution in [0.4, 0.5) is 4.79 Å². The number of piperidine rings is 1. The van der Waals surface area contributed by atoms with Gasteiger partial charge in [0.05, 0.1) is 5.92 Å². The molecule has 1 heterocycles. The molecule has 2 aliphatic rings. The van der Waals surface area contributed by atoms with E-state index in [4.69, 9.17) is 9.84 Å². The summed E-state index contributed by atoms with van der Waals surface area (Å²) in [6.07, 6.45) is 1.02. The maximum atomic E-state index is 12.0. The summed E-state index contributed by atoms with van der Waals surface area (Å²) >= 11 is 0. The van der Waals surface area contributed by atoms with Crippen molar-refractivity contribution in [2.24, 2.45) is 11.8 Å². The highest BCUT2D eigenvalue weighted by Gasteiger charge is 2.49. The van der Waals surface area contributed by atoms with Crippen LogP contribution in [0.25, 0.3) is 0 Å². The van der Waals surface area contributed by atoms with Crippen LogP contribution in [0.1, 0.15) is 18.4 Å². The van der Waals surface area contributed by atoms with Gasteiger partial charge in [-0.3, -0.25) is 4.79 Å². The van der Waals surface area contributed by atoms with Crippen LogP contribution < -0.4 is 0 Å². The van der Waals surface area contributed by atoms with Crippen LogP contribution in [0.2, 0.25) is 0 Å². The van der Waals surface area contributed by atoms with Crippen LogP contribution >= 0.6 is 0 Å². The van der Waals surface area contributed by atoms with Crippen molar-refractivity contribution in [2.45, 2.75) is 25.5 Å². The van der Waals surface area contributed by atoms with E-state index in [1.54, 1.807) is 4.90 Å². The second-order valence-corrected chi connectivity index (χ2v) is 5.52. The van der Waals surface area contributed by atoms with E-state index in [0.29, 0.717) is 13.0 Å². The van der Waals surface area contributed by atoms with E-state index >= 15 is 0 Å².